The minimum absolute atomic E-state index is 0.0686. The first-order valence-corrected chi connectivity index (χ1v) is 8.64. The molecule has 0 heterocycles. The van der Waals surface area contributed by atoms with Crippen molar-refractivity contribution in [1.29, 1.82) is 0 Å². The van der Waals surface area contributed by atoms with E-state index < -0.39 is 23.4 Å². The molecule has 1 saturated carbocycles. The van der Waals surface area contributed by atoms with Crippen molar-refractivity contribution >= 4 is 5.97 Å². The molecule has 0 unspecified atom stereocenters. The topological polar surface area (TPSA) is 55.8 Å². The van der Waals surface area contributed by atoms with Gasteiger partial charge in [0, 0.05) is 12.0 Å². The highest BCUT2D eigenvalue weighted by molar-refractivity contribution is 5.71. The quantitative estimate of drug-likeness (QED) is 0.685. The van der Waals surface area contributed by atoms with Gasteiger partial charge in [0.15, 0.2) is 17.4 Å². The van der Waals surface area contributed by atoms with Crippen molar-refractivity contribution < 1.29 is 28.2 Å². The first kappa shape index (κ1) is 18.2. The number of rotatable bonds is 8. The van der Waals surface area contributed by atoms with Gasteiger partial charge in [0.05, 0.1) is 12.7 Å². The molecule has 0 radical (unpaired) electrons. The van der Waals surface area contributed by atoms with Crippen molar-refractivity contribution in [2.45, 2.75) is 38.2 Å². The van der Waals surface area contributed by atoms with Crippen LogP contribution in [0.5, 0.6) is 11.5 Å². The average Bonchev–Trinajstić information content (AvgIpc) is 2.56. The maximum atomic E-state index is 14.3. The number of ether oxygens (including phenoxy) is 2. The monoisotopic (exact) mass is 362 g/mol. The lowest BCUT2D eigenvalue weighted by Crippen LogP contribution is -2.24. The summed E-state index contributed by atoms with van der Waals surface area (Å²) >= 11 is 0. The van der Waals surface area contributed by atoms with Crippen molar-refractivity contribution in [3.05, 3.63) is 48.0 Å². The summed E-state index contributed by atoms with van der Waals surface area (Å²) in [5.74, 6) is -2.52. The van der Waals surface area contributed by atoms with Gasteiger partial charge in [-0.1, -0.05) is 18.2 Å². The second-order valence-corrected chi connectivity index (χ2v) is 6.28. The fourth-order valence-electron chi connectivity index (χ4n) is 2.73. The van der Waals surface area contributed by atoms with Gasteiger partial charge in [-0.25, -0.2) is 8.78 Å². The Morgan fingerprint density at radius 1 is 1.15 bits per heavy atom. The minimum atomic E-state index is -0.979. The van der Waals surface area contributed by atoms with Gasteiger partial charge in [-0.15, -0.1) is 0 Å². The third-order valence-corrected chi connectivity index (χ3v) is 4.32. The Balaban J connectivity index is 1.78. The number of carbonyl (C=O) groups is 1. The van der Waals surface area contributed by atoms with Crippen molar-refractivity contribution in [2.24, 2.45) is 0 Å². The molecule has 0 aromatic heterocycles. The maximum absolute atomic E-state index is 14.3. The number of halogens is 2. The minimum Gasteiger partial charge on any atom is -0.490 e. The molecule has 0 atom stereocenters. The number of para-hydroxylation sites is 1. The molecule has 0 spiro atoms. The van der Waals surface area contributed by atoms with Crippen molar-refractivity contribution in [1.82, 2.24) is 0 Å². The van der Waals surface area contributed by atoms with Gasteiger partial charge >= 0.3 is 5.97 Å². The molecule has 2 aromatic carbocycles. The molecular weight excluding hydrogens is 342 g/mol. The molecular formula is C20H20F2O4. The lowest BCUT2D eigenvalue weighted by atomic mass is 9.96. The van der Waals surface area contributed by atoms with Gasteiger partial charge in [0.1, 0.15) is 5.75 Å². The summed E-state index contributed by atoms with van der Waals surface area (Å²) in [6.07, 6.45) is 3.31. The second kappa shape index (κ2) is 8.17. The van der Waals surface area contributed by atoms with E-state index >= 15 is 0 Å². The number of carboxylic acid groups (broad SMARTS) is 1. The lowest BCUT2D eigenvalue weighted by molar-refractivity contribution is -0.137. The Kier molecular flexibility index (Phi) is 5.71. The van der Waals surface area contributed by atoms with Crippen LogP contribution in [-0.2, 0) is 4.79 Å². The van der Waals surface area contributed by atoms with E-state index in [0.29, 0.717) is 16.9 Å². The number of hydrogen-bond donors (Lipinski definition) is 1. The Hall–Kier alpha value is -2.63. The number of hydrogen-bond acceptors (Lipinski definition) is 3. The molecule has 1 fully saturated rings. The van der Waals surface area contributed by atoms with Crippen LogP contribution >= 0.6 is 0 Å². The van der Waals surface area contributed by atoms with Crippen LogP contribution in [0, 0.1) is 11.6 Å². The van der Waals surface area contributed by atoms with Gasteiger partial charge in [-0.2, -0.15) is 0 Å². The summed E-state index contributed by atoms with van der Waals surface area (Å²) in [6.45, 7) is -0.0686. The zero-order valence-electron chi connectivity index (χ0n) is 14.2. The summed E-state index contributed by atoms with van der Waals surface area (Å²) in [5, 5.41) is 8.58. The van der Waals surface area contributed by atoms with Crippen LogP contribution in [0.15, 0.2) is 36.4 Å². The predicted octanol–water partition coefficient (Wildman–Crippen LogP) is 4.81. The number of carboxylic acids is 1. The van der Waals surface area contributed by atoms with E-state index in [1.165, 1.54) is 12.1 Å². The first-order valence-electron chi connectivity index (χ1n) is 8.64. The van der Waals surface area contributed by atoms with Crippen molar-refractivity contribution in [2.75, 3.05) is 6.61 Å². The van der Waals surface area contributed by atoms with Crippen LogP contribution in [0.25, 0.3) is 11.1 Å². The third kappa shape index (κ3) is 4.31. The third-order valence-electron chi connectivity index (χ3n) is 4.32. The smallest absolute Gasteiger partial charge is 0.303 e. The Bertz CT molecular complexity index is 764. The van der Waals surface area contributed by atoms with Crippen LogP contribution in [-0.4, -0.2) is 23.8 Å². The van der Waals surface area contributed by atoms with E-state index in [9.17, 15) is 13.6 Å². The molecule has 0 amide bonds. The molecule has 26 heavy (non-hydrogen) atoms. The van der Waals surface area contributed by atoms with E-state index in [1.807, 2.05) is 6.07 Å². The standard InChI is InChI=1S/C20H20F2O4/c21-16-11-13(12-17(22)20(16)25-10-4-9-19(23)24)15-7-1-2-8-18(15)26-14-5-3-6-14/h1-2,7-8,11-12,14H,3-6,9-10H2,(H,23,24). The van der Waals surface area contributed by atoms with Crippen LogP contribution in [0.4, 0.5) is 8.78 Å². The summed E-state index contributed by atoms with van der Waals surface area (Å²) < 4.78 is 39.7. The fraction of sp³-hybridized carbons (Fsp3) is 0.350. The predicted molar refractivity (Wildman–Crippen MR) is 92.4 cm³/mol. The highest BCUT2D eigenvalue weighted by atomic mass is 19.1. The van der Waals surface area contributed by atoms with E-state index in [0.717, 1.165) is 19.3 Å². The second-order valence-electron chi connectivity index (χ2n) is 6.28. The van der Waals surface area contributed by atoms with E-state index in [4.69, 9.17) is 14.6 Å². The average molecular weight is 362 g/mol. The summed E-state index contributed by atoms with van der Waals surface area (Å²) in [4.78, 5) is 10.5. The largest absolute Gasteiger partial charge is 0.490 e. The van der Waals surface area contributed by atoms with Gasteiger partial charge in [-0.05, 0) is 49.4 Å². The molecule has 0 aliphatic heterocycles. The van der Waals surface area contributed by atoms with Crippen LogP contribution in [0.3, 0.4) is 0 Å². The van der Waals surface area contributed by atoms with Gasteiger partial charge in [0.2, 0.25) is 0 Å². The number of benzene rings is 2. The van der Waals surface area contributed by atoms with Crippen LogP contribution < -0.4 is 9.47 Å². The normalized spacial score (nSPS) is 13.9. The van der Waals surface area contributed by atoms with Crippen molar-refractivity contribution in [3.8, 4) is 22.6 Å². The van der Waals surface area contributed by atoms with Crippen molar-refractivity contribution in [3.63, 3.8) is 0 Å². The van der Waals surface area contributed by atoms with Crippen LogP contribution in [0.1, 0.15) is 32.1 Å². The molecule has 1 aliphatic carbocycles. The highest BCUT2D eigenvalue weighted by Gasteiger charge is 2.21. The molecule has 2 aromatic rings. The molecule has 6 heteroatoms. The summed E-state index contributed by atoms with van der Waals surface area (Å²) in [6, 6.07) is 9.58. The molecule has 4 nitrogen and oxygen atoms in total. The van der Waals surface area contributed by atoms with E-state index in [1.54, 1.807) is 18.2 Å². The summed E-state index contributed by atoms with van der Waals surface area (Å²) in [5.41, 5.74) is 0.988. The van der Waals surface area contributed by atoms with E-state index in [-0.39, 0.29) is 25.6 Å². The Labute approximate surface area is 150 Å². The molecule has 1 aliphatic rings. The fourth-order valence-corrected chi connectivity index (χ4v) is 2.73. The molecule has 0 saturated heterocycles. The number of aliphatic carboxylic acids is 1. The molecule has 138 valence electrons. The Morgan fingerprint density at radius 2 is 1.85 bits per heavy atom. The molecule has 1 N–H and O–H groups in total. The zero-order chi connectivity index (χ0) is 18.5. The summed E-state index contributed by atoms with van der Waals surface area (Å²) in [7, 11) is 0. The Morgan fingerprint density at radius 3 is 2.46 bits per heavy atom. The molecule has 3 rings (SSSR count). The zero-order valence-corrected chi connectivity index (χ0v) is 14.2. The van der Waals surface area contributed by atoms with Crippen LogP contribution in [0.2, 0.25) is 0 Å². The van der Waals surface area contributed by atoms with Gasteiger partial charge < -0.3 is 14.6 Å². The van der Waals surface area contributed by atoms with E-state index in [2.05, 4.69) is 0 Å². The highest BCUT2D eigenvalue weighted by Crippen LogP contribution is 2.36. The molecule has 0 bridgehead atoms. The van der Waals surface area contributed by atoms with Gasteiger partial charge in [-0.3, -0.25) is 4.79 Å². The van der Waals surface area contributed by atoms with Gasteiger partial charge in [0.25, 0.3) is 0 Å². The first-order chi connectivity index (χ1) is 12.5. The lowest BCUT2D eigenvalue weighted by Gasteiger charge is -2.27. The maximum Gasteiger partial charge on any atom is 0.303 e. The SMILES string of the molecule is O=C(O)CCCOc1c(F)cc(-c2ccccc2OC2CCC2)cc1F.